The van der Waals surface area contributed by atoms with Crippen LogP contribution >= 0.6 is 0 Å². The first-order valence-corrected chi connectivity index (χ1v) is 17.6. The lowest BCUT2D eigenvalue weighted by Crippen LogP contribution is -2.43. The summed E-state index contributed by atoms with van der Waals surface area (Å²) in [4.78, 5) is 0. The van der Waals surface area contributed by atoms with Gasteiger partial charge in [0.1, 0.15) is 6.10 Å². The van der Waals surface area contributed by atoms with Crippen molar-refractivity contribution < 1.29 is 13.9 Å². The van der Waals surface area contributed by atoms with E-state index in [1.165, 1.54) is 96.3 Å². The van der Waals surface area contributed by atoms with Crippen LogP contribution in [0.2, 0.25) is 18.1 Å². The predicted molar refractivity (Wildman–Crippen MR) is 153 cm³/mol. The summed E-state index contributed by atoms with van der Waals surface area (Å²) in [6.07, 6.45) is 24.1. The SMILES string of the molecule is C=CCO[C@H](COCCCCCCCCCCCCCCCCCC)CO[Si](C)(C)C(C)(C)C. The number of rotatable bonds is 25. The summed E-state index contributed by atoms with van der Waals surface area (Å²) in [6.45, 7) is 20.0. The molecule has 0 saturated heterocycles. The Morgan fingerprint density at radius 2 is 1.15 bits per heavy atom. The van der Waals surface area contributed by atoms with Gasteiger partial charge in [-0.1, -0.05) is 130 Å². The van der Waals surface area contributed by atoms with Gasteiger partial charge in [-0.2, -0.15) is 0 Å². The third kappa shape index (κ3) is 20.1. The standard InChI is InChI=1S/C30H62O3Si/c1-8-10-11-12-13-14-15-16-17-18-19-20-21-22-23-24-26-31-27-29(32-25-9-2)28-33-34(6,7)30(3,4)5/h9,29H,2,8,10-28H2,1,3-7H3/t29-/m1/s1. The maximum absolute atomic E-state index is 6.34. The fourth-order valence-electron chi connectivity index (χ4n) is 3.83. The molecule has 0 aromatic rings. The summed E-state index contributed by atoms with van der Waals surface area (Å²) >= 11 is 0. The van der Waals surface area contributed by atoms with E-state index in [9.17, 15) is 0 Å². The lowest BCUT2D eigenvalue weighted by Gasteiger charge is -2.37. The highest BCUT2D eigenvalue weighted by Crippen LogP contribution is 2.36. The molecular weight excluding hydrogens is 436 g/mol. The van der Waals surface area contributed by atoms with Gasteiger partial charge >= 0.3 is 0 Å². The molecule has 0 aliphatic heterocycles. The van der Waals surface area contributed by atoms with E-state index < -0.39 is 8.32 Å². The van der Waals surface area contributed by atoms with Crippen molar-refractivity contribution in [1.82, 2.24) is 0 Å². The van der Waals surface area contributed by atoms with E-state index >= 15 is 0 Å². The first-order valence-electron chi connectivity index (χ1n) is 14.7. The minimum atomic E-state index is -1.76. The molecule has 0 aliphatic rings. The van der Waals surface area contributed by atoms with Crippen LogP contribution in [0.1, 0.15) is 130 Å². The Hall–Kier alpha value is -0.163. The third-order valence-corrected chi connectivity index (χ3v) is 11.8. The van der Waals surface area contributed by atoms with Crippen molar-refractivity contribution >= 4 is 8.32 Å². The minimum absolute atomic E-state index is 0.00631. The highest BCUT2D eigenvalue weighted by Gasteiger charge is 2.37. The second-order valence-corrected chi connectivity index (χ2v) is 16.5. The van der Waals surface area contributed by atoms with Gasteiger partial charge in [-0.3, -0.25) is 0 Å². The van der Waals surface area contributed by atoms with Gasteiger partial charge in [0, 0.05) is 6.61 Å². The summed E-state index contributed by atoms with van der Waals surface area (Å²) in [7, 11) is -1.76. The van der Waals surface area contributed by atoms with Crippen molar-refractivity contribution in [3.63, 3.8) is 0 Å². The Bertz CT molecular complexity index is 445. The Labute approximate surface area is 215 Å². The molecule has 1 atom stereocenters. The molecule has 0 heterocycles. The molecule has 0 rings (SSSR count). The lowest BCUT2D eigenvalue weighted by atomic mass is 10.0. The molecule has 0 bridgehead atoms. The van der Waals surface area contributed by atoms with Gasteiger partial charge in [0.15, 0.2) is 8.32 Å². The van der Waals surface area contributed by atoms with E-state index in [1.807, 2.05) is 0 Å². The lowest BCUT2D eigenvalue weighted by molar-refractivity contribution is -0.0304. The van der Waals surface area contributed by atoms with E-state index in [0.717, 1.165) is 13.0 Å². The van der Waals surface area contributed by atoms with Crippen molar-refractivity contribution in [2.45, 2.75) is 155 Å². The van der Waals surface area contributed by atoms with E-state index in [1.54, 1.807) is 6.08 Å². The Balaban J connectivity index is 3.60. The van der Waals surface area contributed by atoms with Crippen LogP contribution in [0.5, 0.6) is 0 Å². The van der Waals surface area contributed by atoms with Crippen molar-refractivity contribution in [2.75, 3.05) is 26.4 Å². The van der Waals surface area contributed by atoms with Gasteiger partial charge in [0.2, 0.25) is 0 Å². The van der Waals surface area contributed by atoms with E-state index in [0.29, 0.717) is 19.8 Å². The second-order valence-electron chi connectivity index (χ2n) is 11.7. The molecule has 0 fully saturated rings. The number of unbranched alkanes of at least 4 members (excludes halogenated alkanes) is 15. The van der Waals surface area contributed by atoms with Gasteiger partial charge in [0.05, 0.1) is 19.8 Å². The Morgan fingerprint density at radius 3 is 1.56 bits per heavy atom. The van der Waals surface area contributed by atoms with Crippen molar-refractivity contribution in [1.29, 1.82) is 0 Å². The molecule has 34 heavy (non-hydrogen) atoms. The molecular formula is C30H62O3Si. The first-order chi connectivity index (χ1) is 16.2. The molecule has 204 valence electrons. The number of hydrogen-bond acceptors (Lipinski definition) is 3. The minimum Gasteiger partial charge on any atom is -0.414 e. The molecule has 0 N–H and O–H groups in total. The highest BCUT2D eigenvalue weighted by atomic mass is 28.4. The van der Waals surface area contributed by atoms with E-state index in [2.05, 4.69) is 47.4 Å². The number of hydrogen-bond donors (Lipinski definition) is 0. The van der Waals surface area contributed by atoms with Gasteiger partial charge in [0.25, 0.3) is 0 Å². The molecule has 0 aromatic heterocycles. The summed E-state index contributed by atoms with van der Waals surface area (Å²) in [6, 6.07) is 0. The summed E-state index contributed by atoms with van der Waals surface area (Å²) in [5, 5.41) is 0.213. The Morgan fingerprint density at radius 1 is 0.706 bits per heavy atom. The monoisotopic (exact) mass is 498 g/mol. The van der Waals surface area contributed by atoms with Crippen LogP contribution in [-0.4, -0.2) is 40.8 Å². The molecule has 0 aliphatic carbocycles. The van der Waals surface area contributed by atoms with Crippen LogP contribution in [0, 0.1) is 0 Å². The number of ether oxygens (including phenoxy) is 2. The van der Waals surface area contributed by atoms with Crippen LogP contribution in [0.3, 0.4) is 0 Å². The van der Waals surface area contributed by atoms with Crippen LogP contribution in [0.15, 0.2) is 12.7 Å². The molecule has 0 saturated carbocycles. The van der Waals surface area contributed by atoms with Crippen LogP contribution in [0.25, 0.3) is 0 Å². The largest absolute Gasteiger partial charge is 0.414 e. The van der Waals surface area contributed by atoms with Crippen molar-refractivity contribution in [2.24, 2.45) is 0 Å². The second kappa shape index (κ2) is 22.1. The van der Waals surface area contributed by atoms with Gasteiger partial charge in [-0.05, 0) is 24.6 Å². The fraction of sp³-hybridized carbons (Fsp3) is 0.933. The molecule has 0 aromatic carbocycles. The molecule has 4 heteroatoms. The van der Waals surface area contributed by atoms with Gasteiger partial charge in [-0.25, -0.2) is 0 Å². The van der Waals surface area contributed by atoms with E-state index in [-0.39, 0.29) is 11.1 Å². The quantitative estimate of drug-likeness (QED) is 0.0712. The van der Waals surface area contributed by atoms with Crippen molar-refractivity contribution in [3.05, 3.63) is 12.7 Å². The zero-order valence-corrected chi connectivity index (χ0v) is 25.2. The summed E-state index contributed by atoms with van der Waals surface area (Å²) in [5.74, 6) is 0. The van der Waals surface area contributed by atoms with Gasteiger partial charge in [-0.15, -0.1) is 6.58 Å². The van der Waals surface area contributed by atoms with Crippen LogP contribution in [0.4, 0.5) is 0 Å². The van der Waals surface area contributed by atoms with E-state index in [4.69, 9.17) is 13.9 Å². The summed E-state index contributed by atoms with van der Waals surface area (Å²) < 4.78 is 18.2. The fourth-order valence-corrected chi connectivity index (χ4v) is 4.87. The summed E-state index contributed by atoms with van der Waals surface area (Å²) in [5.41, 5.74) is 0. The molecule has 0 unspecified atom stereocenters. The highest BCUT2D eigenvalue weighted by molar-refractivity contribution is 6.74. The molecule has 0 spiro atoms. The van der Waals surface area contributed by atoms with Gasteiger partial charge < -0.3 is 13.9 Å². The van der Waals surface area contributed by atoms with Crippen LogP contribution in [-0.2, 0) is 13.9 Å². The average molecular weight is 499 g/mol. The normalized spacial score (nSPS) is 13.4. The molecule has 0 amide bonds. The molecule has 0 radical (unpaired) electrons. The maximum Gasteiger partial charge on any atom is 0.192 e. The Kier molecular flexibility index (Phi) is 22.0. The van der Waals surface area contributed by atoms with Crippen LogP contribution < -0.4 is 0 Å². The topological polar surface area (TPSA) is 27.7 Å². The zero-order valence-electron chi connectivity index (χ0n) is 24.2. The smallest absolute Gasteiger partial charge is 0.192 e. The third-order valence-electron chi connectivity index (χ3n) is 7.33. The molecule has 3 nitrogen and oxygen atoms in total. The first kappa shape index (κ1) is 33.8. The van der Waals surface area contributed by atoms with Crippen molar-refractivity contribution in [3.8, 4) is 0 Å². The maximum atomic E-state index is 6.34. The zero-order chi connectivity index (χ0) is 25.5. The average Bonchev–Trinajstić information content (AvgIpc) is 2.78. The predicted octanol–water partition coefficient (Wildman–Crippen LogP) is 9.86.